The molecule has 0 aliphatic rings. The third-order valence-corrected chi connectivity index (χ3v) is 3.62. The lowest BCUT2D eigenvalue weighted by Gasteiger charge is -2.29. The van der Waals surface area contributed by atoms with Crippen LogP contribution in [0.5, 0.6) is 0 Å². The largest absolute Gasteiger partial charge is 0.354 e. The Hall–Kier alpha value is -1.09. The molecule has 0 aliphatic carbocycles. The molecule has 1 aromatic rings. The van der Waals surface area contributed by atoms with Crippen molar-refractivity contribution in [2.24, 2.45) is 0 Å². The van der Waals surface area contributed by atoms with Crippen LogP contribution in [0.25, 0.3) is 0 Å². The number of anilines is 1. The summed E-state index contributed by atoms with van der Waals surface area (Å²) in [6, 6.07) is 4.97. The summed E-state index contributed by atoms with van der Waals surface area (Å²) in [4.78, 5) is 7.25. The number of hydrogen-bond donors (Lipinski definition) is 1. The summed E-state index contributed by atoms with van der Waals surface area (Å²) < 4.78 is 0. The van der Waals surface area contributed by atoms with Crippen molar-refractivity contribution in [1.29, 1.82) is 0 Å². The zero-order valence-electron chi connectivity index (χ0n) is 13.3. The van der Waals surface area contributed by atoms with Gasteiger partial charge < -0.3 is 10.2 Å². The van der Waals surface area contributed by atoms with Crippen LogP contribution in [0.4, 0.5) is 5.82 Å². The fraction of sp³-hybridized carbons (Fsp3) is 0.688. The maximum Gasteiger partial charge on any atom is 0.129 e. The summed E-state index contributed by atoms with van der Waals surface area (Å²) in [5.74, 6) is 1.58. The number of nitrogens with one attached hydrogen (secondary N) is 1. The molecule has 0 radical (unpaired) electrons. The Morgan fingerprint density at radius 1 is 1.21 bits per heavy atom. The summed E-state index contributed by atoms with van der Waals surface area (Å²) in [6.45, 7) is 13.0. The number of aromatic nitrogens is 1. The van der Waals surface area contributed by atoms with Crippen LogP contribution in [0, 0.1) is 0 Å². The molecule has 0 amide bonds. The van der Waals surface area contributed by atoms with Gasteiger partial charge in [-0.25, -0.2) is 4.98 Å². The molecule has 1 aromatic heterocycles. The Kier molecular flexibility index (Phi) is 6.29. The number of nitrogens with zero attached hydrogens (tertiary/aromatic N) is 2. The van der Waals surface area contributed by atoms with Crippen molar-refractivity contribution >= 4 is 5.82 Å². The van der Waals surface area contributed by atoms with E-state index in [1.807, 2.05) is 7.05 Å². The molecule has 0 aliphatic heterocycles. The second-order valence-corrected chi connectivity index (χ2v) is 5.49. The summed E-state index contributed by atoms with van der Waals surface area (Å²) in [5, 5.41) is 3.23. The molecule has 0 saturated heterocycles. The highest BCUT2D eigenvalue weighted by Gasteiger charge is 2.15. The Balaban J connectivity index is 3.16. The lowest BCUT2D eigenvalue weighted by atomic mass is 10.1. The molecule has 1 heterocycles. The Morgan fingerprint density at radius 3 is 2.37 bits per heavy atom. The normalized spacial score (nSPS) is 12.8. The van der Waals surface area contributed by atoms with E-state index in [1.165, 1.54) is 11.3 Å². The quantitative estimate of drug-likeness (QED) is 0.815. The van der Waals surface area contributed by atoms with Crippen LogP contribution >= 0.6 is 0 Å². The van der Waals surface area contributed by atoms with E-state index >= 15 is 0 Å². The zero-order chi connectivity index (χ0) is 14.4. The molecule has 0 saturated carbocycles. The highest BCUT2D eigenvalue weighted by molar-refractivity contribution is 5.44. The van der Waals surface area contributed by atoms with Gasteiger partial charge in [0.05, 0.1) is 0 Å². The van der Waals surface area contributed by atoms with E-state index in [0.717, 1.165) is 25.3 Å². The van der Waals surface area contributed by atoms with Gasteiger partial charge in [-0.2, -0.15) is 0 Å². The summed E-state index contributed by atoms with van der Waals surface area (Å²) in [5.41, 5.74) is 2.50. The first-order valence-electron chi connectivity index (χ1n) is 7.45. The molecule has 1 rings (SSSR count). The van der Waals surface area contributed by atoms with Gasteiger partial charge in [-0.1, -0.05) is 20.8 Å². The van der Waals surface area contributed by atoms with E-state index in [-0.39, 0.29) is 0 Å². The van der Waals surface area contributed by atoms with E-state index in [4.69, 9.17) is 4.98 Å². The minimum absolute atomic E-state index is 0.464. The molecule has 19 heavy (non-hydrogen) atoms. The molecule has 0 fully saturated rings. The Labute approximate surface area is 118 Å². The average Bonchev–Trinajstić information content (AvgIpc) is 2.39. The molecule has 1 atom stereocenters. The second-order valence-electron chi connectivity index (χ2n) is 5.49. The third-order valence-electron chi connectivity index (χ3n) is 3.62. The van der Waals surface area contributed by atoms with Crippen molar-refractivity contribution in [2.45, 2.75) is 59.5 Å². The maximum atomic E-state index is 4.85. The smallest absolute Gasteiger partial charge is 0.129 e. The van der Waals surface area contributed by atoms with Crippen molar-refractivity contribution in [3.8, 4) is 0 Å². The molecule has 1 N–H and O–H groups in total. The van der Waals surface area contributed by atoms with Gasteiger partial charge in [0.1, 0.15) is 5.82 Å². The molecular weight excluding hydrogens is 234 g/mol. The zero-order valence-corrected chi connectivity index (χ0v) is 13.3. The van der Waals surface area contributed by atoms with Gasteiger partial charge in [-0.3, -0.25) is 0 Å². The molecule has 3 nitrogen and oxygen atoms in total. The van der Waals surface area contributed by atoms with Gasteiger partial charge in [0.2, 0.25) is 0 Å². The Morgan fingerprint density at radius 2 is 1.89 bits per heavy atom. The van der Waals surface area contributed by atoms with E-state index in [1.54, 1.807) is 0 Å². The van der Waals surface area contributed by atoms with Gasteiger partial charge in [0, 0.05) is 24.8 Å². The first kappa shape index (κ1) is 16.0. The molecule has 3 heteroatoms. The monoisotopic (exact) mass is 263 g/mol. The molecule has 0 aromatic carbocycles. The van der Waals surface area contributed by atoms with Crippen molar-refractivity contribution in [3.05, 3.63) is 23.4 Å². The van der Waals surface area contributed by atoms with E-state index in [9.17, 15) is 0 Å². The molecule has 108 valence electrons. The number of rotatable bonds is 7. The van der Waals surface area contributed by atoms with Crippen molar-refractivity contribution < 1.29 is 0 Å². The van der Waals surface area contributed by atoms with E-state index < -0.39 is 0 Å². The first-order valence-corrected chi connectivity index (χ1v) is 7.45. The van der Waals surface area contributed by atoms with Crippen molar-refractivity contribution in [3.63, 3.8) is 0 Å². The maximum absolute atomic E-state index is 4.85. The average molecular weight is 263 g/mol. The molecule has 1 unspecified atom stereocenters. The highest BCUT2D eigenvalue weighted by atomic mass is 15.2. The van der Waals surface area contributed by atoms with Crippen LogP contribution in [-0.4, -0.2) is 24.6 Å². The first-order chi connectivity index (χ1) is 9.03. The highest BCUT2D eigenvalue weighted by Crippen LogP contribution is 2.22. The van der Waals surface area contributed by atoms with Crippen LogP contribution in [0.15, 0.2) is 12.1 Å². The molecule has 0 spiro atoms. The molecular formula is C16H29N3. The predicted molar refractivity (Wildman–Crippen MR) is 83.9 cm³/mol. The van der Waals surface area contributed by atoms with Crippen LogP contribution < -0.4 is 10.2 Å². The summed E-state index contributed by atoms with van der Waals surface area (Å²) in [6.07, 6.45) is 1.14. The van der Waals surface area contributed by atoms with Crippen LogP contribution in [0.3, 0.4) is 0 Å². The predicted octanol–water partition coefficient (Wildman–Crippen LogP) is 3.55. The van der Waals surface area contributed by atoms with Gasteiger partial charge >= 0.3 is 0 Å². The summed E-state index contributed by atoms with van der Waals surface area (Å²) in [7, 11) is 1.99. The SMILES string of the molecule is CCC(C)N(CC)c1cc(CNC)cc(C(C)C)n1. The summed E-state index contributed by atoms with van der Waals surface area (Å²) >= 11 is 0. The fourth-order valence-electron chi connectivity index (χ4n) is 2.26. The van der Waals surface area contributed by atoms with E-state index in [0.29, 0.717) is 12.0 Å². The second kappa shape index (κ2) is 7.49. The Bertz CT molecular complexity index is 388. The minimum Gasteiger partial charge on any atom is -0.354 e. The van der Waals surface area contributed by atoms with Gasteiger partial charge in [0.15, 0.2) is 0 Å². The van der Waals surface area contributed by atoms with Gasteiger partial charge in [-0.15, -0.1) is 0 Å². The minimum atomic E-state index is 0.464. The van der Waals surface area contributed by atoms with Crippen LogP contribution in [0.2, 0.25) is 0 Å². The van der Waals surface area contributed by atoms with Crippen molar-refractivity contribution in [1.82, 2.24) is 10.3 Å². The number of pyridine rings is 1. The lowest BCUT2D eigenvalue weighted by molar-refractivity contribution is 0.619. The van der Waals surface area contributed by atoms with Gasteiger partial charge in [0.25, 0.3) is 0 Å². The lowest BCUT2D eigenvalue weighted by Crippen LogP contribution is -2.33. The van der Waals surface area contributed by atoms with Crippen LogP contribution in [0.1, 0.15) is 58.2 Å². The van der Waals surface area contributed by atoms with Crippen molar-refractivity contribution in [2.75, 3.05) is 18.5 Å². The topological polar surface area (TPSA) is 28.2 Å². The molecule has 0 bridgehead atoms. The van der Waals surface area contributed by atoms with Crippen LogP contribution in [-0.2, 0) is 6.54 Å². The standard InChI is InChI=1S/C16H29N3/c1-7-13(5)19(8-2)16-10-14(11-17-6)9-15(18-16)12(3)4/h9-10,12-13,17H,7-8,11H2,1-6H3. The third kappa shape index (κ3) is 4.20. The van der Waals surface area contributed by atoms with Gasteiger partial charge in [-0.05, 0) is 50.9 Å². The van der Waals surface area contributed by atoms with E-state index in [2.05, 4.69) is 57.0 Å². The fourth-order valence-corrected chi connectivity index (χ4v) is 2.26. The number of hydrogen-bond acceptors (Lipinski definition) is 3.